The Labute approximate surface area is 118 Å². The number of thiocarbonyl (C=S) groups is 1. The Hall–Kier alpha value is -1.46. The van der Waals surface area contributed by atoms with Crippen LogP contribution in [0.25, 0.3) is 0 Å². The van der Waals surface area contributed by atoms with Gasteiger partial charge in [-0.3, -0.25) is 4.79 Å². The minimum atomic E-state index is -0.782. The van der Waals surface area contributed by atoms with E-state index in [1.165, 1.54) is 0 Å². The summed E-state index contributed by atoms with van der Waals surface area (Å²) in [6, 6.07) is 7.65. The highest BCUT2D eigenvalue weighted by Crippen LogP contribution is 2.32. The smallest absolute Gasteiger partial charge is 0.237 e. The molecule has 3 N–H and O–H groups in total. The summed E-state index contributed by atoms with van der Waals surface area (Å²) in [6.45, 7) is 2.98. The van der Waals surface area contributed by atoms with Gasteiger partial charge < -0.3 is 15.8 Å². The van der Waals surface area contributed by atoms with Gasteiger partial charge in [0.15, 0.2) is 0 Å². The van der Waals surface area contributed by atoms with Crippen LogP contribution in [0.1, 0.15) is 18.4 Å². The molecule has 1 aliphatic heterocycles. The molecule has 2 rings (SSSR count). The first kappa shape index (κ1) is 14.0. The summed E-state index contributed by atoms with van der Waals surface area (Å²) in [6.07, 6.45) is 1.08. The van der Waals surface area contributed by atoms with E-state index in [-0.39, 0.29) is 10.9 Å². The van der Waals surface area contributed by atoms with E-state index in [2.05, 4.69) is 5.32 Å². The zero-order valence-corrected chi connectivity index (χ0v) is 11.8. The maximum atomic E-state index is 12.5. The average Bonchev–Trinajstić information content (AvgIpc) is 2.42. The Kier molecular flexibility index (Phi) is 4.17. The summed E-state index contributed by atoms with van der Waals surface area (Å²) in [5.74, 6) is -0.127. The highest BCUT2D eigenvalue weighted by Gasteiger charge is 2.43. The minimum absolute atomic E-state index is 0.127. The number of nitrogens with two attached hydrogens (primary N) is 1. The van der Waals surface area contributed by atoms with Crippen LogP contribution < -0.4 is 11.1 Å². The lowest BCUT2D eigenvalue weighted by Gasteiger charge is -2.34. The molecule has 0 unspecified atom stereocenters. The molecule has 0 aliphatic carbocycles. The number of aryl methyl sites for hydroxylation is 1. The Bertz CT molecular complexity index is 496. The first-order chi connectivity index (χ1) is 9.06. The van der Waals surface area contributed by atoms with Crippen molar-refractivity contribution in [3.8, 4) is 0 Å². The van der Waals surface area contributed by atoms with Crippen LogP contribution in [-0.4, -0.2) is 24.1 Å². The van der Waals surface area contributed by atoms with Gasteiger partial charge in [0.05, 0.1) is 4.99 Å². The summed E-state index contributed by atoms with van der Waals surface area (Å²) >= 11 is 5.11. The quantitative estimate of drug-likeness (QED) is 0.830. The van der Waals surface area contributed by atoms with E-state index in [0.717, 1.165) is 11.3 Å². The summed E-state index contributed by atoms with van der Waals surface area (Å²) in [7, 11) is 0. The van der Waals surface area contributed by atoms with Gasteiger partial charge in [-0.25, -0.2) is 0 Å². The SMILES string of the molecule is Cc1ccccc1NC(=O)C1(C(N)=S)CCOCC1. The van der Waals surface area contributed by atoms with Gasteiger partial charge in [0.2, 0.25) is 5.91 Å². The van der Waals surface area contributed by atoms with Gasteiger partial charge in [-0.15, -0.1) is 0 Å². The van der Waals surface area contributed by atoms with Crippen molar-refractivity contribution in [3.05, 3.63) is 29.8 Å². The molecule has 0 spiro atoms. The van der Waals surface area contributed by atoms with Crippen molar-refractivity contribution in [2.75, 3.05) is 18.5 Å². The number of anilines is 1. The lowest BCUT2D eigenvalue weighted by atomic mass is 9.79. The van der Waals surface area contributed by atoms with Gasteiger partial charge in [0.25, 0.3) is 0 Å². The molecular weight excluding hydrogens is 260 g/mol. The number of nitrogens with one attached hydrogen (secondary N) is 1. The molecule has 1 aliphatic rings. The van der Waals surface area contributed by atoms with Crippen LogP contribution >= 0.6 is 12.2 Å². The fourth-order valence-electron chi connectivity index (χ4n) is 2.26. The molecule has 4 nitrogen and oxygen atoms in total. The molecule has 0 saturated carbocycles. The van der Waals surface area contributed by atoms with E-state index < -0.39 is 5.41 Å². The van der Waals surface area contributed by atoms with Crippen molar-refractivity contribution < 1.29 is 9.53 Å². The maximum Gasteiger partial charge on any atom is 0.237 e. The lowest BCUT2D eigenvalue weighted by Crippen LogP contribution is -2.49. The third kappa shape index (κ3) is 2.77. The van der Waals surface area contributed by atoms with Crippen LogP contribution in [0.5, 0.6) is 0 Å². The van der Waals surface area contributed by atoms with E-state index in [1.54, 1.807) is 0 Å². The number of hydrogen-bond acceptors (Lipinski definition) is 3. The van der Waals surface area contributed by atoms with Crippen LogP contribution in [0.15, 0.2) is 24.3 Å². The van der Waals surface area contributed by atoms with Crippen molar-refractivity contribution in [1.82, 2.24) is 0 Å². The zero-order chi connectivity index (χ0) is 13.9. The van der Waals surface area contributed by atoms with Gasteiger partial charge in [-0.05, 0) is 31.4 Å². The number of rotatable bonds is 3. The van der Waals surface area contributed by atoms with Crippen LogP contribution in [0, 0.1) is 12.3 Å². The number of carbonyl (C=O) groups excluding carboxylic acids is 1. The molecule has 1 amide bonds. The number of carbonyl (C=O) groups is 1. The summed E-state index contributed by atoms with van der Waals surface area (Å²) < 4.78 is 5.30. The molecular formula is C14H18N2O2S. The largest absolute Gasteiger partial charge is 0.392 e. The summed E-state index contributed by atoms with van der Waals surface area (Å²) in [5.41, 5.74) is 6.84. The van der Waals surface area contributed by atoms with E-state index in [0.29, 0.717) is 26.1 Å². The predicted octanol–water partition coefficient (Wildman–Crippen LogP) is 2.02. The predicted molar refractivity (Wildman–Crippen MR) is 79.1 cm³/mol. The molecule has 5 heteroatoms. The fourth-order valence-corrected chi connectivity index (χ4v) is 2.56. The standard InChI is InChI=1S/C14H18N2O2S/c1-10-4-2-3-5-11(10)16-13(17)14(12(15)19)6-8-18-9-7-14/h2-5H,6-9H2,1H3,(H2,15,19)(H,16,17). The van der Waals surface area contributed by atoms with Gasteiger partial charge in [0, 0.05) is 18.9 Å². The average molecular weight is 278 g/mol. The molecule has 0 atom stereocenters. The monoisotopic (exact) mass is 278 g/mol. The molecule has 0 bridgehead atoms. The van der Waals surface area contributed by atoms with E-state index in [9.17, 15) is 4.79 Å². The van der Waals surface area contributed by atoms with E-state index in [4.69, 9.17) is 22.7 Å². The van der Waals surface area contributed by atoms with Gasteiger partial charge in [0.1, 0.15) is 5.41 Å². The number of hydrogen-bond donors (Lipinski definition) is 2. The molecule has 102 valence electrons. The van der Waals surface area contributed by atoms with Crippen molar-refractivity contribution in [2.45, 2.75) is 19.8 Å². The first-order valence-electron chi connectivity index (χ1n) is 6.31. The zero-order valence-electron chi connectivity index (χ0n) is 10.9. The van der Waals surface area contributed by atoms with Crippen molar-refractivity contribution >= 4 is 28.8 Å². The molecule has 1 aromatic rings. The number of benzene rings is 1. The molecule has 1 heterocycles. The van der Waals surface area contributed by atoms with Crippen molar-refractivity contribution in [1.29, 1.82) is 0 Å². The third-order valence-electron chi connectivity index (χ3n) is 3.65. The van der Waals surface area contributed by atoms with Crippen LogP contribution in [0.2, 0.25) is 0 Å². The minimum Gasteiger partial charge on any atom is -0.392 e. The van der Waals surface area contributed by atoms with Gasteiger partial charge in [-0.1, -0.05) is 30.4 Å². The Balaban J connectivity index is 2.21. The topological polar surface area (TPSA) is 64.4 Å². The summed E-state index contributed by atoms with van der Waals surface area (Å²) in [4.78, 5) is 12.8. The molecule has 0 radical (unpaired) electrons. The Morgan fingerprint density at radius 2 is 2.00 bits per heavy atom. The maximum absolute atomic E-state index is 12.5. The van der Waals surface area contributed by atoms with Crippen molar-refractivity contribution in [2.24, 2.45) is 11.1 Å². The van der Waals surface area contributed by atoms with E-state index >= 15 is 0 Å². The van der Waals surface area contributed by atoms with Crippen LogP contribution in [0.3, 0.4) is 0 Å². The number of para-hydroxylation sites is 1. The summed E-state index contributed by atoms with van der Waals surface area (Å²) in [5, 5.41) is 2.94. The van der Waals surface area contributed by atoms with Crippen LogP contribution in [-0.2, 0) is 9.53 Å². The lowest BCUT2D eigenvalue weighted by molar-refractivity contribution is -0.126. The second-order valence-corrected chi connectivity index (χ2v) is 5.27. The van der Waals surface area contributed by atoms with Crippen molar-refractivity contribution in [3.63, 3.8) is 0 Å². The molecule has 19 heavy (non-hydrogen) atoms. The number of amides is 1. The molecule has 1 fully saturated rings. The van der Waals surface area contributed by atoms with Gasteiger partial charge >= 0.3 is 0 Å². The Morgan fingerprint density at radius 3 is 2.58 bits per heavy atom. The Morgan fingerprint density at radius 1 is 1.37 bits per heavy atom. The number of ether oxygens (including phenoxy) is 1. The highest BCUT2D eigenvalue weighted by molar-refractivity contribution is 7.80. The third-order valence-corrected chi connectivity index (χ3v) is 4.04. The second-order valence-electron chi connectivity index (χ2n) is 4.83. The normalized spacial score (nSPS) is 17.7. The molecule has 1 aromatic carbocycles. The van der Waals surface area contributed by atoms with Crippen LogP contribution in [0.4, 0.5) is 5.69 Å². The molecule has 0 aromatic heterocycles. The second kappa shape index (κ2) is 5.67. The molecule has 1 saturated heterocycles. The highest BCUT2D eigenvalue weighted by atomic mass is 32.1. The van der Waals surface area contributed by atoms with Gasteiger partial charge in [-0.2, -0.15) is 0 Å². The first-order valence-corrected chi connectivity index (χ1v) is 6.72. The van der Waals surface area contributed by atoms with E-state index in [1.807, 2.05) is 31.2 Å². The fraction of sp³-hybridized carbons (Fsp3) is 0.429.